The average molecular weight is 397 g/mol. The smallest absolute Gasteiger partial charge is 0.267 e. The highest BCUT2D eigenvalue weighted by molar-refractivity contribution is 7.12. The van der Waals surface area contributed by atoms with Crippen LogP contribution in [-0.2, 0) is 0 Å². The summed E-state index contributed by atoms with van der Waals surface area (Å²) in [6, 6.07) is 16.2. The van der Waals surface area contributed by atoms with Crippen molar-refractivity contribution < 1.29 is 9.59 Å². The third kappa shape index (κ3) is 3.42. The Hall–Kier alpha value is -3.16. The molecule has 4 aromatic rings. The molecule has 0 atom stereocenters. The normalized spacial score (nSPS) is 10.7. The molecular weight excluding hydrogens is 384 g/mol. The molecule has 2 N–H and O–H groups in total. The topological polar surface area (TPSA) is 76.0 Å². The van der Waals surface area contributed by atoms with Crippen LogP contribution in [0.15, 0.2) is 66.2 Å². The monoisotopic (exact) mass is 396 g/mol. The summed E-state index contributed by atoms with van der Waals surface area (Å²) in [5, 5.41) is 7.42. The van der Waals surface area contributed by atoms with Crippen molar-refractivity contribution >= 4 is 45.7 Å². The van der Waals surface area contributed by atoms with E-state index in [-0.39, 0.29) is 16.5 Å². The quantitative estimate of drug-likeness (QED) is 0.517. The van der Waals surface area contributed by atoms with Gasteiger partial charge in [0.2, 0.25) is 0 Å². The molecule has 8 heteroatoms. The van der Waals surface area contributed by atoms with Gasteiger partial charge in [-0.2, -0.15) is 5.10 Å². The number of halogens is 1. The number of nitrogens with zero attached hydrogens (tertiary/aromatic N) is 2. The van der Waals surface area contributed by atoms with Crippen LogP contribution >= 0.6 is 22.9 Å². The molecule has 27 heavy (non-hydrogen) atoms. The molecule has 2 heterocycles. The Morgan fingerprint density at radius 2 is 1.81 bits per heavy atom. The first kappa shape index (κ1) is 17.3. The van der Waals surface area contributed by atoms with Crippen LogP contribution in [0.2, 0.25) is 5.02 Å². The molecular formula is C19H13ClN4O2S. The highest BCUT2D eigenvalue weighted by Gasteiger charge is 2.14. The van der Waals surface area contributed by atoms with Crippen molar-refractivity contribution in [1.29, 1.82) is 0 Å². The van der Waals surface area contributed by atoms with Crippen molar-refractivity contribution in [2.45, 2.75) is 0 Å². The van der Waals surface area contributed by atoms with E-state index >= 15 is 0 Å². The van der Waals surface area contributed by atoms with Crippen LogP contribution in [0.1, 0.15) is 20.0 Å². The summed E-state index contributed by atoms with van der Waals surface area (Å²) < 4.78 is 1.75. The molecule has 2 aromatic heterocycles. The summed E-state index contributed by atoms with van der Waals surface area (Å²) in [5.74, 6) is -0.879. The number of para-hydroxylation sites is 1. The maximum absolute atomic E-state index is 12.3. The SMILES string of the molecule is O=C(NNC(=O)c1ccc(-n2ncc3ccccc32)cc1Cl)c1cccs1. The summed E-state index contributed by atoms with van der Waals surface area (Å²) in [4.78, 5) is 24.7. The van der Waals surface area contributed by atoms with Crippen LogP contribution in [0, 0.1) is 0 Å². The molecule has 0 saturated heterocycles. The van der Waals surface area contributed by atoms with Crippen LogP contribution in [0.5, 0.6) is 0 Å². The predicted molar refractivity (Wildman–Crippen MR) is 105 cm³/mol. The second-order valence-corrected chi connectivity index (χ2v) is 7.02. The van der Waals surface area contributed by atoms with Gasteiger partial charge in [-0.1, -0.05) is 35.9 Å². The minimum Gasteiger partial charge on any atom is -0.267 e. The fraction of sp³-hybridized carbons (Fsp3) is 0. The van der Waals surface area contributed by atoms with Gasteiger partial charge in [0.15, 0.2) is 0 Å². The third-order valence-electron chi connectivity index (χ3n) is 3.95. The number of carbonyl (C=O) groups excluding carboxylic acids is 2. The minimum absolute atomic E-state index is 0.253. The molecule has 0 fully saturated rings. The molecule has 0 bridgehead atoms. The molecule has 2 amide bonds. The molecule has 2 aromatic carbocycles. The van der Waals surface area contributed by atoms with Crippen LogP contribution < -0.4 is 10.9 Å². The van der Waals surface area contributed by atoms with E-state index in [9.17, 15) is 9.59 Å². The lowest BCUT2D eigenvalue weighted by Gasteiger charge is -2.10. The first-order valence-corrected chi connectivity index (χ1v) is 9.26. The number of amides is 2. The molecule has 0 aliphatic rings. The lowest BCUT2D eigenvalue weighted by Crippen LogP contribution is -2.41. The number of carbonyl (C=O) groups is 2. The highest BCUT2D eigenvalue weighted by Crippen LogP contribution is 2.23. The standard InChI is InChI=1S/C19H13ClN4O2S/c20-15-10-13(24-16-5-2-1-4-12(16)11-21-24)7-8-14(15)18(25)22-23-19(26)17-6-3-9-27-17/h1-11H,(H,22,25)(H,23,26). The maximum atomic E-state index is 12.3. The third-order valence-corrected chi connectivity index (χ3v) is 5.13. The molecule has 0 aliphatic heterocycles. The second-order valence-electron chi connectivity index (χ2n) is 5.66. The molecule has 0 unspecified atom stereocenters. The fourth-order valence-electron chi connectivity index (χ4n) is 2.65. The number of rotatable bonds is 3. The van der Waals surface area contributed by atoms with E-state index in [1.54, 1.807) is 46.6 Å². The van der Waals surface area contributed by atoms with Gasteiger partial charge in [0.25, 0.3) is 11.8 Å². The van der Waals surface area contributed by atoms with Gasteiger partial charge < -0.3 is 0 Å². The zero-order valence-corrected chi connectivity index (χ0v) is 15.4. The molecule has 0 radical (unpaired) electrons. The highest BCUT2D eigenvalue weighted by atomic mass is 35.5. The Kier molecular flexibility index (Phi) is 4.62. The number of aromatic nitrogens is 2. The van der Waals surface area contributed by atoms with Gasteiger partial charge in [-0.15, -0.1) is 11.3 Å². The van der Waals surface area contributed by atoms with E-state index in [2.05, 4.69) is 16.0 Å². The van der Waals surface area contributed by atoms with E-state index < -0.39 is 5.91 Å². The molecule has 0 spiro atoms. The van der Waals surface area contributed by atoms with Gasteiger partial charge in [0.1, 0.15) is 0 Å². The summed E-state index contributed by atoms with van der Waals surface area (Å²) >= 11 is 7.58. The molecule has 134 valence electrons. The Morgan fingerprint density at radius 3 is 2.59 bits per heavy atom. The lowest BCUT2D eigenvalue weighted by molar-refractivity contribution is 0.0849. The van der Waals surface area contributed by atoms with Crippen molar-refractivity contribution in [3.63, 3.8) is 0 Å². The van der Waals surface area contributed by atoms with Crippen molar-refractivity contribution in [3.8, 4) is 5.69 Å². The summed E-state index contributed by atoms with van der Waals surface area (Å²) in [5.41, 5.74) is 6.67. The Balaban J connectivity index is 1.53. The average Bonchev–Trinajstić information content (AvgIpc) is 3.35. The van der Waals surface area contributed by atoms with E-state index in [4.69, 9.17) is 11.6 Å². The number of fused-ring (bicyclic) bond motifs is 1. The second kappa shape index (κ2) is 7.22. The fourth-order valence-corrected chi connectivity index (χ4v) is 3.53. The largest absolute Gasteiger partial charge is 0.279 e. The van der Waals surface area contributed by atoms with Gasteiger partial charge in [0.05, 0.1) is 32.9 Å². The van der Waals surface area contributed by atoms with Crippen molar-refractivity contribution in [3.05, 3.63) is 81.6 Å². The number of benzene rings is 2. The van der Waals surface area contributed by atoms with E-state index in [0.717, 1.165) is 16.6 Å². The van der Waals surface area contributed by atoms with Crippen molar-refractivity contribution in [2.24, 2.45) is 0 Å². The summed E-state index contributed by atoms with van der Waals surface area (Å²) in [7, 11) is 0. The number of nitrogens with one attached hydrogen (secondary N) is 2. The van der Waals surface area contributed by atoms with Crippen LogP contribution in [0.4, 0.5) is 0 Å². The van der Waals surface area contributed by atoms with Crippen LogP contribution in [0.25, 0.3) is 16.6 Å². The van der Waals surface area contributed by atoms with Crippen molar-refractivity contribution in [1.82, 2.24) is 20.6 Å². The van der Waals surface area contributed by atoms with Crippen LogP contribution in [-0.4, -0.2) is 21.6 Å². The van der Waals surface area contributed by atoms with Gasteiger partial charge in [-0.25, -0.2) is 4.68 Å². The van der Waals surface area contributed by atoms with E-state index in [1.807, 2.05) is 24.3 Å². The lowest BCUT2D eigenvalue weighted by atomic mass is 10.2. The Morgan fingerprint density at radius 1 is 1.00 bits per heavy atom. The number of hydrogen-bond acceptors (Lipinski definition) is 4. The van der Waals surface area contributed by atoms with E-state index in [0.29, 0.717) is 4.88 Å². The first-order chi connectivity index (χ1) is 13.1. The van der Waals surface area contributed by atoms with Gasteiger partial charge in [0, 0.05) is 5.39 Å². The Bertz CT molecular complexity index is 1140. The Labute approximate surface area is 163 Å². The molecule has 6 nitrogen and oxygen atoms in total. The number of thiophene rings is 1. The first-order valence-electron chi connectivity index (χ1n) is 8.00. The molecule has 0 saturated carbocycles. The van der Waals surface area contributed by atoms with Crippen LogP contribution in [0.3, 0.4) is 0 Å². The zero-order chi connectivity index (χ0) is 18.8. The summed E-state index contributed by atoms with van der Waals surface area (Å²) in [6.07, 6.45) is 1.77. The maximum Gasteiger partial charge on any atom is 0.279 e. The number of hydrazine groups is 1. The summed E-state index contributed by atoms with van der Waals surface area (Å²) in [6.45, 7) is 0. The van der Waals surface area contributed by atoms with Gasteiger partial charge in [-0.3, -0.25) is 20.4 Å². The predicted octanol–water partition coefficient (Wildman–Crippen LogP) is 3.82. The minimum atomic E-state index is -0.498. The van der Waals surface area contributed by atoms with Crippen molar-refractivity contribution in [2.75, 3.05) is 0 Å². The molecule has 4 rings (SSSR count). The van der Waals surface area contributed by atoms with Gasteiger partial charge in [-0.05, 0) is 35.7 Å². The molecule has 0 aliphatic carbocycles. The van der Waals surface area contributed by atoms with Gasteiger partial charge >= 0.3 is 0 Å². The van der Waals surface area contributed by atoms with E-state index in [1.165, 1.54) is 11.3 Å². The number of hydrogen-bond donors (Lipinski definition) is 2. The zero-order valence-electron chi connectivity index (χ0n) is 13.8.